The Balaban J connectivity index is 1.20. The normalized spacial score (nSPS) is 14.6. The van der Waals surface area contributed by atoms with Gasteiger partial charge in [-0.2, -0.15) is 0 Å². The monoisotopic (exact) mass is 854 g/mol. The molecule has 10 aromatic carbocycles. The van der Waals surface area contributed by atoms with Gasteiger partial charge in [0.25, 0.3) is 0 Å². The lowest BCUT2D eigenvalue weighted by Gasteiger charge is -2.41. The number of hydrogen-bond donors (Lipinski definition) is 0. The highest BCUT2D eigenvalue weighted by molar-refractivity contribution is 7.03. The highest BCUT2D eigenvalue weighted by Crippen LogP contribution is 2.49. The second-order valence-corrected chi connectivity index (χ2v) is 27.7. The predicted octanol–water partition coefficient (Wildman–Crippen LogP) is 14.3. The molecule has 4 heteroatoms. The topological polar surface area (TPSA) is 6.48 Å². The largest absolute Gasteiger partial charge is 0.311 e. The van der Waals surface area contributed by atoms with Crippen LogP contribution in [0.15, 0.2) is 194 Å². The molecule has 0 saturated heterocycles. The molecular formula is C60H50N2Si2. The third-order valence-electron chi connectivity index (χ3n) is 14.7. The van der Waals surface area contributed by atoms with E-state index in [1.165, 1.54) is 121 Å². The fourth-order valence-electron chi connectivity index (χ4n) is 11.2. The fourth-order valence-corrected chi connectivity index (χ4v) is 17.2. The molecule has 10 aromatic rings. The van der Waals surface area contributed by atoms with E-state index < -0.39 is 16.1 Å². The Hall–Kier alpha value is -6.99. The van der Waals surface area contributed by atoms with Crippen LogP contribution in [0.4, 0.5) is 34.1 Å². The summed E-state index contributed by atoms with van der Waals surface area (Å²) in [6.07, 6.45) is 0. The van der Waals surface area contributed by atoms with E-state index in [4.69, 9.17) is 0 Å². The standard InChI is InChI=1S/C60H50N2Si2/c1-39-27-28-43(35-40(39)2)59-47-33-31-46(62-53-21-11-15-25-57(53)64(5,6)58-26-16-12-22-54(58)62)38-50(47)60(44-30-29-41-17-7-8-18-42(41)36-44)48-34-32-45(37-49(48)59)61-51-19-9-13-23-55(51)63(3,4)56-24-14-10-20-52(56)61/h7-38H,1-6H3. The van der Waals surface area contributed by atoms with Gasteiger partial charge in [0.2, 0.25) is 0 Å². The lowest BCUT2D eigenvalue weighted by Crippen LogP contribution is -2.58. The van der Waals surface area contributed by atoms with E-state index in [0.29, 0.717) is 0 Å². The zero-order valence-electron chi connectivity index (χ0n) is 37.4. The summed E-state index contributed by atoms with van der Waals surface area (Å²) in [5.74, 6) is 0. The summed E-state index contributed by atoms with van der Waals surface area (Å²) in [4.78, 5) is 5.07. The minimum Gasteiger partial charge on any atom is -0.311 e. The smallest absolute Gasteiger partial charge is 0.117 e. The van der Waals surface area contributed by atoms with Crippen molar-refractivity contribution in [2.24, 2.45) is 0 Å². The first-order valence-electron chi connectivity index (χ1n) is 22.7. The summed E-state index contributed by atoms with van der Waals surface area (Å²) < 4.78 is 0. The minimum absolute atomic E-state index is 1.18. The van der Waals surface area contributed by atoms with Gasteiger partial charge in [-0.15, -0.1) is 0 Å². The quantitative estimate of drug-likeness (QED) is 0.129. The SMILES string of the molecule is Cc1ccc(-c2c3ccc(N4c5ccccc5[Si](C)(C)c5ccccc54)cc3c(-c3ccc4ccccc4c3)c3ccc(N4c5ccccc5[Si](C)(C)c5ccccc54)cc23)cc1C. The maximum Gasteiger partial charge on any atom is 0.117 e. The second kappa shape index (κ2) is 14.3. The van der Waals surface area contributed by atoms with Crippen molar-refractivity contribution in [3.05, 3.63) is 205 Å². The van der Waals surface area contributed by atoms with E-state index in [-0.39, 0.29) is 0 Å². The van der Waals surface area contributed by atoms with Gasteiger partial charge >= 0.3 is 0 Å². The fraction of sp³-hybridized carbons (Fsp3) is 0.100. The Labute approximate surface area is 378 Å². The molecule has 2 aliphatic rings. The van der Waals surface area contributed by atoms with Gasteiger partial charge in [-0.3, -0.25) is 0 Å². The van der Waals surface area contributed by atoms with Crippen molar-refractivity contribution in [3.8, 4) is 22.3 Å². The van der Waals surface area contributed by atoms with Crippen LogP contribution in [0.25, 0.3) is 54.6 Å². The maximum absolute atomic E-state index is 2.53. The van der Waals surface area contributed by atoms with Crippen molar-refractivity contribution in [1.82, 2.24) is 0 Å². The molecule has 0 fully saturated rings. The molecule has 0 unspecified atom stereocenters. The lowest BCUT2D eigenvalue weighted by molar-refractivity contribution is 1.29. The number of hydrogen-bond acceptors (Lipinski definition) is 2. The number of rotatable bonds is 4. The minimum atomic E-state index is -1.96. The molecule has 0 aromatic heterocycles. The molecule has 12 rings (SSSR count). The number of fused-ring (bicyclic) bond motifs is 7. The molecule has 2 nitrogen and oxygen atoms in total. The summed E-state index contributed by atoms with van der Waals surface area (Å²) >= 11 is 0. The van der Waals surface area contributed by atoms with E-state index in [1.54, 1.807) is 0 Å². The van der Waals surface area contributed by atoms with Gasteiger partial charge in [-0.05, 0) is 155 Å². The van der Waals surface area contributed by atoms with Crippen LogP contribution >= 0.6 is 0 Å². The molecule has 0 saturated carbocycles. The zero-order chi connectivity index (χ0) is 43.5. The summed E-state index contributed by atoms with van der Waals surface area (Å²) in [6.45, 7) is 14.5. The van der Waals surface area contributed by atoms with Gasteiger partial charge in [0.05, 0.1) is 0 Å². The Morgan fingerprint density at radius 2 is 0.703 bits per heavy atom. The first kappa shape index (κ1) is 38.7. The van der Waals surface area contributed by atoms with E-state index in [2.05, 4.69) is 244 Å². The van der Waals surface area contributed by atoms with Gasteiger partial charge in [0.15, 0.2) is 0 Å². The van der Waals surface area contributed by atoms with E-state index >= 15 is 0 Å². The molecule has 0 aliphatic carbocycles. The molecule has 0 N–H and O–H groups in total. The molecule has 308 valence electrons. The van der Waals surface area contributed by atoms with Gasteiger partial charge in [-0.1, -0.05) is 166 Å². The first-order chi connectivity index (χ1) is 31.1. The van der Waals surface area contributed by atoms with Gasteiger partial charge < -0.3 is 9.80 Å². The van der Waals surface area contributed by atoms with Crippen molar-refractivity contribution >= 4 is 103 Å². The molecule has 64 heavy (non-hydrogen) atoms. The van der Waals surface area contributed by atoms with Gasteiger partial charge in [-0.25, -0.2) is 0 Å². The van der Waals surface area contributed by atoms with Crippen LogP contribution in [0.3, 0.4) is 0 Å². The van der Waals surface area contributed by atoms with Crippen LogP contribution in [0, 0.1) is 13.8 Å². The Kier molecular flexibility index (Phi) is 8.62. The van der Waals surface area contributed by atoms with Gasteiger partial charge in [0.1, 0.15) is 16.1 Å². The summed E-state index contributed by atoms with van der Waals surface area (Å²) in [5, 5.41) is 13.4. The average Bonchev–Trinajstić information content (AvgIpc) is 3.32. The van der Waals surface area contributed by atoms with Gasteiger partial charge in [0, 0.05) is 34.1 Å². The highest BCUT2D eigenvalue weighted by atomic mass is 28.3. The molecule has 0 bridgehead atoms. The van der Waals surface area contributed by atoms with E-state index in [9.17, 15) is 0 Å². The third kappa shape index (κ3) is 5.69. The van der Waals surface area contributed by atoms with Crippen LogP contribution in [0.5, 0.6) is 0 Å². The summed E-state index contributed by atoms with van der Waals surface area (Å²) in [7, 11) is -3.93. The predicted molar refractivity (Wildman–Crippen MR) is 282 cm³/mol. The van der Waals surface area contributed by atoms with Crippen LogP contribution < -0.4 is 30.5 Å². The third-order valence-corrected chi connectivity index (χ3v) is 21.8. The van der Waals surface area contributed by atoms with Crippen molar-refractivity contribution in [2.45, 2.75) is 40.0 Å². The van der Waals surface area contributed by atoms with Crippen molar-refractivity contribution in [3.63, 3.8) is 0 Å². The van der Waals surface area contributed by atoms with Crippen LogP contribution in [0.1, 0.15) is 11.1 Å². The molecule has 0 atom stereocenters. The van der Waals surface area contributed by atoms with E-state index in [0.717, 1.165) is 0 Å². The Morgan fingerprint density at radius 3 is 1.16 bits per heavy atom. The van der Waals surface area contributed by atoms with Crippen molar-refractivity contribution < 1.29 is 0 Å². The van der Waals surface area contributed by atoms with Crippen molar-refractivity contribution in [1.29, 1.82) is 0 Å². The average molecular weight is 855 g/mol. The molecule has 0 radical (unpaired) electrons. The van der Waals surface area contributed by atoms with E-state index in [1.807, 2.05) is 0 Å². The molecule has 0 amide bonds. The number of aryl methyl sites for hydroxylation is 2. The summed E-state index contributed by atoms with van der Waals surface area (Å²) in [6, 6.07) is 74.0. The number of anilines is 6. The van der Waals surface area contributed by atoms with Crippen LogP contribution in [-0.4, -0.2) is 16.1 Å². The highest BCUT2D eigenvalue weighted by Gasteiger charge is 2.40. The molecular weight excluding hydrogens is 805 g/mol. The number of benzene rings is 10. The lowest BCUT2D eigenvalue weighted by atomic mass is 9.84. The Morgan fingerprint density at radius 1 is 0.312 bits per heavy atom. The molecule has 2 heterocycles. The molecule has 2 aliphatic heterocycles. The van der Waals surface area contributed by atoms with Crippen molar-refractivity contribution in [2.75, 3.05) is 9.80 Å². The van der Waals surface area contributed by atoms with Crippen LogP contribution in [0.2, 0.25) is 26.2 Å². The first-order valence-corrected chi connectivity index (χ1v) is 28.7. The second-order valence-electron chi connectivity index (χ2n) is 19.1. The van der Waals surface area contributed by atoms with Crippen LogP contribution in [-0.2, 0) is 0 Å². The summed E-state index contributed by atoms with van der Waals surface area (Å²) in [5.41, 5.74) is 15.1. The number of nitrogens with zero attached hydrogens (tertiary/aromatic N) is 2. The molecule has 0 spiro atoms. The maximum atomic E-state index is 2.53. The Bertz CT molecular complexity index is 3470. The zero-order valence-corrected chi connectivity index (χ0v) is 39.4. The number of para-hydroxylation sites is 4.